The summed E-state index contributed by atoms with van der Waals surface area (Å²) in [6.45, 7) is 2.01. The van der Waals surface area contributed by atoms with E-state index >= 15 is 0 Å². The number of hydrogen-bond acceptors (Lipinski definition) is 3. The lowest BCUT2D eigenvalue weighted by Gasteiger charge is -2.11. The highest BCUT2D eigenvalue weighted by Crippen LogP contribution is 2.32. The van der Waals surface area contributed by atoms with Crippen molar-refractivity contribution in [3.63, 3.8) is 0 Å². The van der Waals surface area contributed by atoms with Crippen molar-refractivity contribution >= 4 is 57.2 Å². The van der Waals surface area contributed by atoms with E-state index in [4.69, 9.17) is 40.5 Å². The molecule has 1 atom stereocenters. The zero-order valence-electron chi connectivity index (χ0n) is 9.99. The fraction of sp³-hybridized carbons (Fsp3) is 0.400. The van der Waals surface area contributed by atoms with Gasteiger partial charge < -0.3 is 5.73 Å². The van der Waals surface area contributed by atoms with Gasteiger partial charge in [0.25, 0.3) is 0 Å². The summed E-state index contributed by atoms with van der Waals surface area (Å²) in [5, 5.41) is 0.251. The number of nitrogens with two attached hydrogens (primary N) is 1. The Morgan fingerprint density at radius 1 is 1.26 bits per heavy atom. The Kier molecular flexibility index (Phi) is 7.98. The lowest BCUT2D eigenvalue weighted by Crippen LogP contribution is -2.29. The largest absolute Gasteiger partial charge is 0.328 e. The second-order valence-electron chi connectivity index (χ2n) is 3.86. The van der Waals surface area contributed by atoms with Crippen LogP contribution in [0.15, 0.2) is 17.0 Å². The fourth-order valence-corrected chi connectivity index (χ4v) is 3.87. The van der Waals surface area contributed by atoms with E-state index in [-0.39, 0.29) is 45.0 Å². The molecule has 0 spiro atoms. The van der Waals surface area contributed by atoms with Gasteiger partial charge >= 0.3 is 0 Å². The molecule has 3 N–H and O–H groups in total. The molecule has 4 nitrogen and oxygen atoms in total. The summed E-state index contributed by atoms with van der Waals surface area (Å²) in [4.78, 5) is -0.167. The smallest absolute Gasteiger partial charge is 0.243 e. The van der Waals surface area contributed by atoms with Gasteiger partial charge in [0.15, 0.2) is 0 Å². The van der Waals surface area contributed by atoms with E-state index in [1.54, 1.807) is 6.92 Å². The molecule has 0 fully saturated rings. The standard InChI is InChI=1S/C10H13Cl3N2O2S.ClH/c1-6(14)2-3-15-18(16,17)10-8(12)4-7(11)5-9(10)13;/h4-6,15H,2-3,14H2,1H3;1H. The van der Waals surface area contributed by atoms with E-state index in [1.165, 1.54) is 12.1 Å². The van der Waals surface area contributed by atoms with Crippen LogP contribution in [0.25, 0.3) is 0 Å². The Bertz CT molecular complexity index is 511. The topological polar surface area (TPSA) is 72.2 Å². The second kappa shape index (κ2) is 7.88. The van der Waals surface area contributed by atoms with Crippen LogP contribution in [0.5, 0.6) is 0 Å². The first kappa shape index (κ1) is 19.2. The third kappa shape index (κ3) is 5.63. The monoisotopic (exact) mass is 366 g/mol. The average molecular weight is 368 g/mol. The minimum atomic E-state index is -3.76. The zero-order valence-corrected chi connectivity index (χ0v) is 13.9. The average Bonchev–Trinajstić information content (AvgIpc) is 2.13. The van der Waals surface area contributed by atoms with Crippen LogP contribution in [0.2, 0.25) is 15.1 Å². The van der Waals surface area contributed by atoms with Crippen molar-refractivity contribution in [1.29, 1.82) is 0 Å². The van der Waals surface area contributed by atoms with Gasteiger partial charge in [0, 0.05) is 17.6 Å². The minimum absolute atomic E-state index is 0. The third-order valence-corrected chi connectivity index (χ3v) is 4.72. The van der Waals surface area contributed by atoms with E-state index in [0.717, 1.165) is 0 Å². The van der Waals surface area contributed by atoms with Crippen LogP contribution in [-0.4, -0.2) is 21.0 Å². The number of sulfonamides is 1. The maximum Gasteiger partial charge on any atom is 0.243 e. The van der Waals surface area contributed by atoms with E-state index in [1.807, 2.05) is 0 Å². The van der Waals surface area contributed by atoms with Crippen molar-refractivity contribution in [3.8, 4) is 0 Å². The van der Waals surface area contributed by atoms with E-state index in [9.17, 15) is 8.42 Å². The summed E-state index contributed by atoms with van der Waals surface area (Å²) in [5.41, 5.74) is 5.54. The van der Waals surface area contributed by atoms with Gasteiger partial charge in [-0.1, -0.05) is 34.8 Å². The predicted molar refractivity (Wildman–Crippen MR) is 82.2 cm³/mol. The van der Waals surface area contributed by atoms with Crippen molar-refractivity contribution in [1.82, 2.24) is 4.72 Å². The molecule has 0 aliphatic rings. The third-order valence-electron chi connectivity index (χ3n) is 2.12. The second-order valence-corrected chi connectivity index (χ2v) is 6.82. The molecule has 0 aliphatic carbocycles. The molecule has 0 saturated heterocycles. The van der Waals surface area contributed by atoms with Gasteiger partial charge in [-0.2, -0.15) is 0 Å². The SMILES string of the molecule is CC(N)CCNS(=O)(=O)c1c(Cl)cc(Cl)cc1Cl.Cl. The molecular formula is C10H14Cl4N2O2S. The van der Waals surface area contributed by atoms with Gasteiger partial charge in [-0.3, -0.25) is 0 Å². The van der Waals surface area contributed by atoms with Crippen LogP contribution in [-0.2, 0) is 10.0 Å². The van der Waals surface area contributed by atoms with Gasteiger partial charge in [-0.15, -0.1) is 12.4 Å². The van der Waals surface area contributed by atoms with E-state index in [0.29, 0.717) is 6.42 Å². The maximum atomic E-state index is 12.0. The lowest BCUT2D eigenvalue weighted by atomic mass is 10.3. The molecule has 0 saturated carbocycles. The Hall–Kier alpha value is 0.250. The first-order valence-corrected chi connectivity index (χ1v) is 7.75. The number of halogens is 4. The van der Waals surface area contributed by atoms with Crippen LogP contribution in [0, 0.1) is 0 Å². The molecule has 0 aliphatic heterocycles. The number of nitrogens with one attached hydrogen (secondary N) is 1. The molecule has 0 aromatic heterocycles. The van der Waals surface area contributed by atoms with Crippen LogP contribution in [0.3, 0.4) is 0 Å². The zero-order chi connectivity index (χ0) is 13.9. The minimum Gasteiger partial charge on any atom is -0.328 e. The van der Waals surface area contributed by atoms with Crippen molar-refractivity contribution in [2.45, 2.75) is 24.3 Å². The summed E-state index contributed by atoms with van der Waals surface area (Å²) in [5.74, 6) is 0. The van der Waals surface area contributed by atoms with Crippen LogP contribution in [0.1, 0.15) is 13.3 Å². The maximum absolute atomic E-state index is 12.0. The van der Waals surface area contributed by atoms with Crippen LogP contribution in [0.4, 0.5) is 0 Å². The van der Waals surface area contributed by atoms with Gasteiger partial charge in [0.2, 0.25) is 10.0 Å². The summed E-state index contributed by atoms with van der Waals surface area (Å²) in [6, 6.07) is 2.56. The highest BCUT2D eigenvalue weighted by molar-refractivity contribution is 7.89. The summed E-state index contributed by atoms with van der Waals surface area (Å²) >= 11 is 17.4. The Balaban J connectivity index is 0.00000324. The van der Waals surface area contributed by atoms with Crippen LogP contribution >= 0.6 is 47.2 Å². The highest BCUT2D eigenvalue weighted by Gasteiger charge is 2.22. The van der Waals surface area contributed by atoms with Crippen molar-refractivity contribution in [2.24, 2.45) is 5.73 Å². The van der Waals surface area contributed by atoms with Crippen molar-refractivity contribution in [3.05, 3.63) is 27.2 Å². The molecule has 19 heavy (non-hydrogen) atoms. The van der Waals surface area contributed by atoms with Gasteiger partial charge in [-0.25, -0.2) is 13.1 Å². The number of benzene rings is 1. The van der Waals surface area contributed by atoms with Crippen molar-refractivity contribution < 1.29 is 8.42 Å². The molecule has 1 unspecified atom stereocenters. The van der Waals surface area contributed by atoms with Gasteiger partial charge in [-0.05, 0) is 25.5 Å². The molecular weight excluding hydrogens is 354 g/mol. The molecule has 0 bridgehead atoms. The Morgan fingerprint density at radius 2 is 1.74 bits per heavy atom. The molecule has 0 heterocycles. The quantitative estimate of drug-likeness (QED) is 0.839. The molecule has 0 radical (unpaired) electrons. The first-order valence-electron chi connectivity index (χ1n) is 5.14. The van der Waals surface area contributed by atoms with E-state index < -0.39 is 10.0 Å². The molecule has 0 amide bonds. The molecule has 110 valence electrons. The van der Waals surface area contributed by atoms with Gasteiger partial charge in [0.05, 0.1) is 10.0 Å². The van der Waals surface area contributed by atoms with Gasteiger partial charge in [0.1, 0.15) is 4.90 Å². The summed E-state index contributed by atoms with van der Waals surface area (Å²) in [6.07, 6.45) is 0.516. The first-order chi connectivity index (χ1) is 8.24. The highest BCUT2D eigenvalue weighted by atomic mass is 35.5. The Labute approximate surface area is 134 Å². The van der Waals surface area contributed by atoms with Crippen LogP contribution < -0.4 is 10.5 Å². The Morgan fingerprint density at radius 3 is 2.16 bits per heavy atom. The van der Waals surface area contributed by atoms with Crippen molar-refractivity contribution in [2.75, 3.05) is 6.54 Å². The lowest BCUT2D eigenvalue weighted by molar-refractivity contribution is 0.572. The predicted octanol–water partition coefficient (Wildman–Crippen LogP) is 3.08. The fourth-order valence-electron chi connectivity index (χ4n) is 1.28. The summed E-state index contributed by atoms with van der Waals surface area (Å²) < 4.78 is 26.4. The number of rotatable bonds is 5. The number of hydrogen-bond donors (Lipinski definition) is 2. The van der Waals surface area contributed by atoms with E-state index in [2.05, 4.69) is 4.72 Å². The molecule has 1 aromatic rings. The normalized spacial score (nSPS) is 12.9. The molecule has 1 rings (SSSR count). The molecule has 9 heteroatoms. The molecule has 1 aromatic carbocycles. The summed E-state index contributed by atoms with van der Waals surface area (Å²) in [7, 11) is -3.76.